The third kappa shape index (κ3) is 8.01. The summed E-state index contributed by atoms with van der Waals surface area (Å²) in [7, 11) is 0. The molecule has 95 valence electrons. The van der Waals surface area contributed by atoms with Crippen LogP contribution in [-0.4, -0.2) is 0 Å². The van der Waals surface area contributed by atoms with E-state index in [1.165, 1.54) is 50.5 Å². The molecule has 17 heavy (non-hydrogen) atoms. The molecule has 1 aromatic rings. The van der Waals surface area contributed by atoms with Crippen molar-refractivity contribution in [2.45, 2.75) is 58.8 Å². The van der Waals surface area contributed by atoms with Gasteiger partial charge in [0.15, 0.2) is 0 Å². The van der Waals surface area contributed by atoms with Crippen molar-refractivity contribution >= 4 is 0 Å². The smallest absolute Gasteiger partial charge is 0.00931 e. The summed E-state index contributed by atoms with van der Waals surface area (Å²) in [5.74, 6) is 0.876. The van der Waals surface area contributed by atoms with Crippen molar-refractivity contribution in [3.8, 4) is 0 Å². The fraction of sp³-hybridized carbons (Fsp3) is 0.588. The first-order chi connectivity index (χ1) is 8.29. The molecule has 0 N–H and O–H groups in total. The Hall–Kier alpha value is -0.780. The second-order valence-electron chi connectivity index (χ2n) is 5.35. The van der Waals surface area contributed by atoms with Gasteiger partial charge in [0.05, 0.1) is 0 Å². The van der Waals surface area contributed by atoms with Crippen LogP contribution in [-0.2, 0) is 0 Å². The van der Waals surface area contributed by atoms with Crippen LogP contribution in [0.5, 0.6) is 0 Å². The third-order valence-electron chi connectivity index (χ3n) is 3.17. The molecule has 0 aliphatic carbocycles. The van der Waals surface area contributed by atoms with Crippen LogP contribution in [0.15, 0.2) is 30.3 Å². The molecule has 0 amide bonds. The number of hydrogen-bond acceptors (Lipinski definition) is 0. The van der Waals surface area contributed by atoms with Crippen LogP contribution in [0.3, 0.4) is 0 Å². The van der Waals surface area contributed by atoms with E-state index >= 15 is 0 Å². The molecule has 0 fully saturated rings. The average Bonchev–Trinajstić information content (AvgIpc) is 2.33. The quantitative estimate of drug-likeness (QED) is 0.483. The predicted octanol–water partition coefficient (Wildman–Crippen LogP) is 5.63. The van der Waals surface area contributed by atoms with Gasteiger partial charge in [0.25, 0.3) is 0 Å². The Morgan fingerprint density at radius 2 is 1.53 bits per heavy atom. The van der Waals surface area contributed by atoms with E-state index in [4.69, 9.17) is 0 Å². The number of hydrogen-bond donors (Lipinski definition) is 0. The standard InChI is InChI=1S/C17H27/c1-16(2)12-8-5-3-4-6-9-13-17-14-10-7-11-15-17/h7,10-11,13-16H,3-6,8-9,12H2,1-2H3. The van der Waals surface area contributed by atoms with Gasteiger partial charge in [0, 0.05) is 0 Å². The maximum absolute atomic E-state index is 2.36. The maximum Gasteiger partial charge on any atom is -0.00931 e. The molecular formula is C17H27. The lowest BCUT2D eigenvalue weighted by molar-refractivity contribution is 0.515. The normalized spacial score (nSPS) is 11.0. The molecule has 1 rings (SSSR count). The summed E-state index contributed by atoms with van der Waals surface area (Å²) in [6.07, 6.45) is 12.0. The van der Waals surface area contributed by atoms with Crippen LogP contribution in [0.2, 0.25) is 0 Å². The lowest BCUT2D eigenvalue weighted by atomic mass is 10.0. The van der Waals surface area contributed by atoms with Gasteiger partial charge in [0.1, 0.15) is 0 Å². The van der Waals surface area contributed by atoms with E-state index in [2.05, 4.69) is 50.6 Å². The van der Waals surface area contributed by atoms with Gasteiger partial charge in [-0.2, -0.15) is 0 Å². The molecule has 0 spiro atoms. The van der Waals surface area contributed by atoms with Gasteiger partial charge in [-0.05, 0) is 24.3 Å². The monoisotopic (exact) mass is 231 g/mol. The summed E-state index contributed by atoms with van der Waals surface area (Å²) in [4.78, 5) is 0. The number of benzene rings is 1. The van der Waals surface area contributed by atoms with Crippen LogP contribution in [0.4, 0.5) is 0 Å². The molecule has 0 aliphatic heterocycles. The fourth-order valence-electron chi connectivity index (χ4n) is 2.09. The molecular weight excluding hydrogens is 204 g/mol. The maximum atomic E-state index is 2.36. The number of rotatable bonds is 9. The highest BCUT2D eigenvalue weighted by molar-refractivity contribution is 5.21. The summed E-state index contributed by atoms with van der Waals surface area (Å²) in [6.45, 7) is 4.63. The predicted molar refractivity (Wildman–Crippen MR) is 77.0 cm³/mol. The van der Waals surface area contributed by atoms with Crippen LogP contribution < -0.4 is 0 Å². The van der Waals surface area contributed by atoms with Crippen LogP contribution in [0.1, 0.15) is 64.4 Å². The SMILES string of the molecule is CC(C)CCCCCCC[CH]c1ccccc1. The summed E-state index contributed by atoms with van der Waals surface area (Å²) in [5.41, 5.74) is 1.37. The van der Waals surface area contributed by atoms with E-state index < -0.39 is 0 Å². The van der Waals surface area contributed by atoms with E-state index in [1.807, 2.05) is 0 Å². The lowest BCUT2D eigenvalue weighted by Gasteiger charge is -2.04. The average molecular weight is 231 g/mol. The summed E-state index contributed by atoms with van der Waals surface area (Å²) >= 11 is 0. The molecule has 0 aliphatic rings. The van der Waals surface area contributed by atoms with Gasteiger partial charge in [-0.15, -0.1) is 0 Å². The van der Waals surface area contributed by atoms with Crippen molar-refractivity contribution in [1.82, 2.24) is 0 Å². The Morgan fingerprint density at radius 3 is 2.24 bits per heavy atom. The molecule has 0 aromatic heterocycles. The Morgan fingerprint density at radius 1 is 0.882 bits per heavy atom. The Bertz CT molecular complexity index is 261. The van der Waals surface area contributed by atoms with Crippen molar-refractivity contribution in [3.05, 3.63) is 42.3 Å². The molecule has 0 saturated carbocycles. The van der Waals surface area contributed by atoms with E-state index in [0.717, 1.165) is 5.92 Å². The largest absolute Gasteiger partial charge is 0.0628 e. The van der Waals surface area contributed by atoms with Crippen LogP contribution in [0.25, 0.3) is 0 Å². The minimum Gasteiger partial charge on any atom is -0.0628 e. The second kappa shape index (κ2) is 9.27. The fourth-order valence-corrected chi connectivity index (χ4v) is 2.09. The first-order valence-corrected chi connectivity index (χ1v) is 7.17. The van der Waals surface area contributed by atoms with Crippen molar-refractivity contribution in [2.24, 2.45) is 5.92 Å². The molecule has 1 radical (unpaired) electrons. The Kier molecular flexibility index (Phi) is 7.79. The highest BCUT2D eigenvalue weighted by Crippen LogP contribution is 2.13. The summed E-state index contributed by atoms with van der Waals surface area (Å²) < 4.78 is 0. The van der Waals surface area contributed by atoms with Gasteiger partial charge < -0.3 is 0 Å². The van der Waals surface area contributed by atoms with Gasteiger partial charge in [-0.25, -0.2) is 0 Å². The zero-order chi connectivity index (χ0) is 12.3. The molecule has 0 nitrogen and oxygen atoms in total. The number of unbranched alkanes of at least 4 members (excludes halogenated alkanes) is 5. The van der Waals surface area contributed by atoms with E-state index in [1.54, 1.807) is 0 Å². The van der Waals surface area contributed by atoms with Gasteiger partial charge in [0.2, 0.25) is 0 Å². The highest BCUT2D eigenvalue weighted by Gasteiger charge is 1.95. The highest BCUT2D eigenvalue weighted by atomic mass is 14.0. The van der Waals surface area contributed by atoms with Crippen LogP contribution >= 0.6 is 0 Å². The molecule has 0 atom stereocenters. The molecule has 1 aromatic carbocycles. The Balaban J connectivity index is 1.88. The topological polar surface area (TPSA) is 0 Å². The van der Waals surface area contributed by atoms with Crippen molar-refractivity contribution < 1.29 is 0 Å². The Labute approximate surface area is 107 Å². The summed E-state index contributed by atoms with van der Waals surface area (Å²) in [6, 6.07) is 10.7. The van der Waals surface area contributed by atoms with Crippen molar-refractivity contribution in [3.63, 3.8) is 0 Å². The first kappa shape index (κ1) is 14.3. The van der Waals surface area contributed by atoms with Crippen molar-refractivity contribution in [1.29, 1.82) is 0 Å². The van der Waals surface area contributed by atoms with Crippen LogP contribution in [0, 0.1) is 12.3 Å². The van der Waals surface area contributed by atoms with Gasteiger partial charge in [-0.1, -0.05) is 82.7 Å². The summed E-state index contributed by atoms with van der Waals surface area (Å²) in [5, 5.41) is 0. The molecule has 0 heteroatoms. The minimum atomic E-state index is 0.876. The zero-order valence-electron chi connectivity index (χ0n) is 11.5. The molecule has 0 saturated heterocycles. The van der Waals surface area contributed by atoms with Gasteiger partial charge in [-0.3, -0.25) is 0 Å². The molecule has 0 unspecified atom stereocenters. The van der Waals surface area contributed by atoms with E-state index in [-0.39, 0.29) is 0 Å². The lowest BCUT2D eigenvalue weighted by Crippen LogP contribution is -1.87. The molecule has 0 bridgehead atoms. The minimum absolute atomic E-state index is 0.876. The third-order valence-corrected chi connectivity index (χ3v) is 3.17. The molecule has 0 heterocycles. The van der Waals surface area contributed by atoms with Gasteiger partial charge >= 0.3 is 0 Å². The van der Waals surface area contributed by atoms with Crippen molar-refractivity contribution in [2.75, 3.05) is 0 Å². The van der Waals surface area contributed by atoms with E-state index in [9.17, 15) is 0 Å². The second-order valence-corrected chi connectivity index (χ2v) is 5.35. The van der Waals surface area contributed by atoms with E-state index in [0.29, 0.717) is 0 Å². The zero-order valence-corrected chi connectivity index (χ0v) is 11.5. The first-order valence-electron chi connectivity index (χ1n) is 7.17.